The largest absolute Gasteiger partial charge is 0.480 e. The molecule has 3 N–H and O–H groups in total. The van der Waals surface area contributed by atoms with Crippen molar-refractivity contribution in [1.82, 2.24) is 10.6 Å². The zero-order valence-electron chi connectivity index (χ0n) is 12.8. The molecule has 0 saturated carbocycles. The molecule has 3 unspecified atom stereocenters. The molecule has 1 aliphatic heterocycles. The molecule has 1 fully saturated rings. The van der Waals surface area contributed by atoms with E-state index in [0.717, 1.165) is 32.4 Å². The van der Waals surface area contributed by atoms with Gasteiger partial charge in [-0.2, -0.15) is 0 Å². The zero-order valence-corrected chi connectivity index (χ0v) is 12.8. The van der Waals surface area contributed by atoms with E-state index in [1.54, 1.807) is 0 Å². The van der Waals surface area contributed by atoms with Crippen LogP contribution in [0.4, 0.5) is 0 Å². The summed E-state index contributed by atoms with van der Waals surface area (Å²) in [6, 6.07) is -0.774. The summed E-state index contributed by atoms with van der Waals surface area (Å²) in [4.78, 5) is 23.2. The van der Waals surface area contributed by atoms with Crippen molar-refractivity contribution in [2.75, 3.05) is 13.1 Å². The van der Waals surface area contributed by atoms with E-state index in [1.807, 2.05) is 13.8 Å². The number of carboxylic acid groups (broad SMARTS) is 1. The van der Waals surface area contributed by atoms with Gasteiger partial charge in [-0.25, -0.2) is 4.79 Å². The van der Waals surface area contributed by atoms with Gasteiger partial charge in [-0.3, -0.25) is 4.79 Å². The Labute approximate surface area is 121 Å². The molecule has 1 heterocycles. The van der Waals surface area contributed by atoms with Gasteiger partial charge >= 0.3 is 5.97 Å². The van der Waals surface area contributed by atoms with Crippen LogP contribution in [0.1, 0.15) is 46.5 Å². The Kier molecular flexibility index (Phi) is 6.99. The molecular weight excluding hydrogens is 256 g/mol. The summed E-state index contributed by atoms with van der Waals surface area (Å²) in [6.45, 7) is 7.89. The second-order valence-electron chi connectivity index (χ2n) is 6.06. The number of carbonyl (C=O) groups is 2. The maximum atomic E-state index is 12.0. The summed E-state index contributed by atoms with van der Waals surface area (Å²) < 4.78 is 0. The third-order valence-corrected chi connectivity index (χ3v) is 4.44. The van der Waals surface area contributed by atoms with Crippen molar-refractivity contribution in [2.24, 2.45) is 17.8 Å². The van der Waals surface area contributed by atoms with Gasteiger partial charge in [0.05, 0.1) is 0 Å². The first-order valence-corrected chi connectivity index (χ1v) is 7.68. The maximum absolute atomic E-state index is 12.0. The van der Waals surface area contributed by atoms with Gasteiger partial charge in [0, 0.05) is 6.42 Å². The zero-order chi connectivity index (χ0) is 15.1. The SMILES string of the molecule is CCC(C)[C@H](NC(=O)CC(C)C1CCCNC1)C(=O)O. The van der Waals surface area contributed by atoms with Crippen LogP contribution < -0.4 is 10.6 Å². The summed E-state index contributed by atoms with van der Waals surface area (Å²) in [7, 11) is 0. The predicted octanol–water partition coefficient (Wildman–Crippen LogP) is 1.63. The third kappa shape index (κ3) is 5.12. The standard InChI is InChI=1S/C15H28N2O3/c1-4-10(2)14(15(19)20)17-13(18)8-11(3)12-6-5-7-16-9-12/h10-12,14,16H,4-9H2,1-3H3,(H,17,18)(H,19,20)/t10?,11?,12?,14-/m0/s1. The lowest BCUT2D eigenvalue weighted by atomic mass is 9.85. The first-order valence-electron chi connectivity index (χ1n) is 7.68. The van der Waals surface area contributed by atoms with E-state index in [4.69, 9.17) is 0 Å². The first kappa shape index (κ1) is 17.0. The minimum absolute atomic E-state index is 0.0527. The van der Waals surface area contributed by atoms with E-state index in [1.165, 1.54) is 0 Å². The molecule has 0 spiro atoms. The Bertz CT molecular complexity index is 327. The third-order valence-electron chi connectivity index (χ3n) is 4.44. The van der Waals surface area contributed by atoms with Crippen molar-refractivity contribution in [2.45, 2.75) is 52.5 Å². The summed E-state index contributed by atoms with van der Waals surface area (Å²) in [5, 5.41) is 15.2. The predicted molar refractivity (Wildman–Crippen MR) is 78.4 cm³/mol. The Morgan fingerprint density at radius 3 is 2.60 bits per heavy atom. The lowest BCUT2D eigenvalue weighted by Crippen LogP contribution is -2.46. The van der Waals surface area contributed by atoms with Gasteiger partial charge in [0.15, 0.2) is 0 Å². The van der Waals surface area contributed by atoms with Gasteiger partial charge in [-0.1, -0.05) is 27.2 Å². The molecule has 0 aromatic rings. The molecule has 1 aliphatic rings. The molecule has 20 heavy (non-hydrogen) atoms. The molecule has 0 aromatic carbocycles. The van der Waals surface area contributed by atoms with E-state index in [9.17, 15) is 14.7 Å². The van der Waals surface area contributed by atoms with Crippen LogP contribution in [0.5, 0.6) is 0 Å². The van der Waals surface area contributed by atoms with E-state index in [0.29, 0.717) is 12.3 Å². The van der Waals surface area contributed by atoms with E-state index >= 15 is 0 Å². The van der Waals surface area contributed by atoms with E-state index < -0.39 is 12.0 Å². The van der Waals surface area contributed by atoms with Crippen LogP contribution in [0.25, 0.3) is 0 Å². The Hall–Kier alpha value is -1.10. The Morgan fingerprint density at radius 1 is 1.40 bits per heavy atom. The molecule has 1 amide bonds. The average molecular weight is 284 g/mol. The summed E-state index contributed by atoms with van der Waals surface area (Å²) >= 11 is 0. The Morgan fingerprint density at radius 2 is 2.10 bits per heavy atom. The van der Waals surface area contributed by atoms with Crippen LogP contribution in [-0.4, -0.2) is 36.1 Å². The van der Waals surface area contributed by atoms with Gasteiger partial charge in [-0.05, 0) is 43.7 Å². The van der Waals surface area contributed by atoms with Gasteiger partial charge in [0.1, 0.15) is 6.04 Å². The normalized spacial score (nSPS) is 23.6. The summed E-state index contributed by atoms with van der Waals surface area (Å²) in [5.74, 6) is -0.339. The number of piperidine rings is 1. The summed E-state index contributed by atoms with van der Waals surface area (Å²) in [5.41, 5.74) is 0. The number of nitrogens with one attached hydrogen (secondary N) is 2. The van der Waals surface area contributed by atoms with Crippen molar-refractivity contribution < 1.29 is 14.7 Å². The van der Waals surface area contributed by atoms with Crippen molar-refractivity contribution in [3.05, 3.63) is 0 Å². The number of hydrogen-bond donors (Lipinski definition) is 3. The van der Waals surface area contributed by atoms with Crippen molar-refractivity contribution >= 4 is 11.9 Å². The molecule has 1 rings (SSSR count). The molecule has 0 radical (unpaired) electrons. The van der Waals surface area contributed by atoms with Crippen molar-refractivity contribution in [1.29, 1.82) is 0 Å². The monoisotopic (exact) mass is 284 g/mol. The number of carbonyl (C=O) groups excluding carboxylic acids is 1. The van der Waals surface area contributed by atoms with Crippen LogP contribution >= 0.6 is 0 Å². The van der Waals surface area contributed by atoms with Crippen LogP contribution in [-0.2, 0) is 9.59 Å². The molecule has 5 heteroatoms. The molecule has 0 aromatic heterocycles. The number of amides is 1. The van der Waals surface area contributed by atoms with E-state index in [2.05, 4.69) is 17.6 Å². The fourth-order valence-corrected chi connectivity index (χ4v) is 2.74. The van der Waals surface area contributed by atoms with Crippen LogP contribution in [0, 0.1) is 17.8 Å². The molecular formula is C15H28N2O3. The second-order valence-corrected chi connectivity index (χ2v) is 6.06. The molecule has 0 bridgehead atoms. The lowest BCUT2D eigenvalue weighted by molar-refractivity contribution is -0.143. The van der Waals surface area contributed by atoms with Crippen molar-refractivity contribution in [3.8, 4) is 0 Å². The molecule has 1 saturated heterocycles. The highest BCUT2D eigenvalue weighted by atomic mass is 16.4. The van der Waals surface area contributed by atoms with Crippen LogP contribution in [0.3, 0.4) is 0 Å². The minimum Gasteiger partial charge on any atom is -0.480 e. The molecule has 5 nitrogen and oxygen atoms in total. The summed E-state index contributed by atoms with van der Waals surface area (Å²) in [6.07, 6.45) is 3.45. The maximum Gasteiger partial charge on any atom is 0.326 e. The van der Waals surface area contributed by atoms with Crippen molar-refractivity contribution in [3.63, 3.8) is 0 Å². The highest BCUT2D eigenvalue weighted by Crippen LogP contribution is 2.22. The fourth-order valence-electron chi connectivity index (χ4n) is 2.74. The molecule has 4 atom stereocenters. The van der Waals surface area contributed by atoms with Gasteiger partial charge < -0.3 is 15.7 Å². The topological polar surface area (TPSA) is 78.4 Å². The number of rotatable bonds is 7. The highest BCUT2D eigenvalue weighted by molar-refractivity contribution is 5.83. The minimum atomic E-state index is -0.945. The highest BCUT2D eigenvalue weighted by Gasteiger charge is 2.27. The smallest absolute Gasteiger partial charge is 0.326 e. The molecule has 0 aliphatic carbocycles. The number of hydrogen-bond acceptors (Lipinski definition) is 3. The number of aliphatic carboxylic acids is 1. The fraction of sp³-hybridized carbons (Fsp3) is 0.867. The van der Waals surface area contributed by atoms with Gasteiger partial charge in [0.25, 0.3) is 0 Å². The quantitative estimate of drug-likeness (QED) is 0.664. The van der Waals surface area contributed by atoms with E-state index in [-0.39, 0.29) is 17.7 Å². The first-order chi connectivity index (χ1) is 9.45. The van der Waals surface area contributed by atoms with Gasteiger partial charge in [-0.15, -0.1) is 0 Å². The molecule has 116 valence electrons. The second kappa shape index (κ2) is 8.25. The number of carboxylic acids is 1. The lowest BCUT2D eigenvalue weighted by Gasteiger charge is -2.28. The van der Waals surface area contributed by atoms with Crippen LogP contribution in [0.15, 0.2) is 0 Å². The van der Waals surface area contributed by atoms with Gasteiger partial charge in [0.2, 0.25) is 5.91 Å². The van der Waals surface area contributed by atoms with Crippen LogP contribution in [0.2, 0.25) is 0 Å². The average Bonchev–Trinajstić information content (AvgIpc) is 2.44. The Balaban J connectivity index is 2.46.